The normalized spacial score (nSPS) is 18.0. The van der Waals surface area contributed by atoms with Gasteiger partial charge in [-0.25, -0.2) is 4.79 Å². The number of hydrogen-bond acceptors (Lipinski definition) is 3. The first-order chi connectivity index (χ1) is 9.95. The Hall–Kier alpha value is -1.88. The van der Waals surface area contributed by atoms with Crippen LogP contribution < -0.4 is 0 Å². The van der Waals surface area contributed by atoms with E-state index in [9.17, 15) is 14.7 Å². The van der Waals surface area contributed by atoms with Crippen LogP contribution in [0, 0.1) is 19.8 Å². The molecule has 5 heteroatoms. The van der Waals surface area contributed by atoms with Gasteiger partial charge in [-0.1, -0.05) is 12.1 Å². The van der Waals surface area contributed by atoms with E-state index in [1.165, 1.54) is 0 Å². The molecule has 1 heterocycles. The maximum absolute atomic E-state index is 12.7. The van der Waals surface area contributed by atoms with Gasteiger partial charge in [-0.3, -0.25) is 4.79 Å². The zero-order valence-corrected chi connectivity index (χ0v) is 12.4. The third-order valence-electron chi connectivity index (χ3n) is 4.16. The number of aryl methyl sites for hydroxylation is 2. The molecule has 0 aliphatic carbocycles. The van der Waals surface area contributed by atoms with Crippen LogP contribution in [0.15, 0.2) is 12.1 Å². The fourth-order valence-electron chi connectivity index (χ4n) is 2.96. The highest BCUT2D eigenvalue weighted by Gasteiger charge is 2.30. The van der Waals surface area contributed by atoms with Gasteiger partial charge in [-0.2, -0.15) is 0 Å². The lowest BCUT2D eigenvalue weighted by Gasteiger charge is -2.20. The Kier molecular flexibility index (Phi) is 4.63. The third-order valence-corrected chi connectivity index (χ3v) is 4.16. The Balaban J connectivity index is 2.32. The molecule has 1 aromatic rings. The third kappa shape index (κ3) is 3.08. The summed E-state index contributed by atoms with van der Waals surface area (Å²) in [6, 6.07) is 3.52. The van der Waals surface area contributed by atoms with Crippen LogP contribution in [0.3, 0.4) is 0 Å². The summed E-state index contributed by atoms with van der Waals surface area (Å²) in [6.07, 6.45) is 1.54. The summed E-state index contributed by atoms with van der Waals surface area (Å²) in [6.45, 7) is 4.80. The smallest absolute Gasteiger partial charge is 0.336 e. The number of carbonyl (C=O) groups is 2. The summed E-state index contributed by atoms with van der Waals surface area (Å²) in [5.74, 6) is -0.975. The molecule has 1 unspecified atom stereocenters. The molecule has 0 spiro atoms. The average molecular weight is 291 g/mol. The Bertz CT molecular complexity index is 568. The van der Waals surface area contributed by atoms with Crippen molar-refractivity contribution in [3.8, 4) is 0 Å². The lowest BCUT2D eigenvalue weighted by molar-refractivity contribution is 0.0679. The van der Waals surface area contributed by atoms with Crippen molar-refractivity contribution >= 4 is 11.9 Å². The monoisotopic (exact) mass is 291 g/mol. The van der Waals surface area contributed by atoms with E-state index in [4.69, 9.17) is 5.11 Å². The van der Waals surface area contributed by atoms with Gasteiger partial charge in [-0.05, 0) is 43.7 Å². The topological polar surface area (TPSA) is 77.8 Å². The number of aliphatic hydroxyl groups excluding tert-OH is 1. The number of aromatic carboxylic acids is 1. The fourth-order valence-corrected chi connectivity index (χ4v) is 2.96. The van der Waals surface area contributed by atoms with E-state index in [0.29, 0.717) is 42.1 Å². The van der Waals surface area contributed by atoms with Gasteiger partial charge in [0.2, 0.25) is 0 Å². The molecular weight excluding hydrogens is 270 g/mol. The van der Waals surface area contributed by atoms with Crippen LogP contribution in [0.4, 0.5) is 0 Å². The molecule has 1 aliphatic rings. The number of aliphatic hydroxyl groups is 1. The molecule has 1 atom stereocenters. The van der Waals surface area contributed by atoms with Crippen LogP contribution in [-0.2, 0) is 0 Å². The Morgan fingerprint density at radius 3 is 2.43 bits per heavy atom. The molecule has 1 fully saturated rings. The molecule has 0 saturated carbocycles. The SMILES string of the molecule is Cc1ccc(C)c(C(=O)N2CCC(CCO)C2)c1C(=O)O. The van der Waals surface area contributed by atoms with E-state index in [2.05, 4.69) is 0 Å². The van der Waals surface area contributed by atoms with Gasteiger partial charge < -0.3 is 15.1 Å². The summed E-state index contributed by atoms with van der Waals surface area (Å²) in [7, 11) is 0. The minimum Gasteiger partial charge on any atom is -0.478 e. The van der Waals surface area contributed by atoms with Crippen LogP contribution in [0.2, 0.25) is 0 Å². The summed E-state index contributed by atoms with van der Waals surface area (Å²) in [5.41, 5.74) is 1.69. The number of hydrogen-bond donors (Lipinski definition) is 2. The highest BCUT2D eigenvalue weighted by molar-refractivity contribution is 6.06. The largest absolute Gasteiger partial charge is 0.478 e. The second kappa shape index (κ2) is 6.26. The quantitative estimate of drug-likeness (QED) is 0.887. The highest BCUT2D eigenvalue weighted by atomic mass is 16.4. The van der Waals surface area contributed by atoms with Crippen molar-refractivity contribution in [3.05, 3.63) is 34.4 Å². The Morgan fingerprint density at radius 2 is 1.86 bits per heavy atom. The van der Waals surface area contributed by atoms with Crippen molar-refractivity contribution in [1.29, 1.82) is 0 Å². The first-order valence-electron chi connectivity index (χ1n) is 7.19. The van der Waals surface area contributed by atoms with Gasteiger partial charge in [0.05, 0.1) is 11.1 Å². The molecular formula is C16H21NO4. The van der Waals surface area contributed by atoms with E-state index in [1.807, 2.05) is 0 Å². The van der Waals surface area contributed by atoms with E-state index in [0.717, 1.165) is 6.42 Å². The lowest BCUT2D eigenvalue weighted by Crippen LogP contribution is -2.31. The minimum atomic E-state index is -1.06. The molecule has 0 radical (unpaired) electrons. The summed E-state index contributed by atoms with van der Waals surface area (Å²) in [4.78, 5) is 25.9. The maximum Gasteiger partial charge on any atom is 0.336 e. The van der Waals surface area contributed by atoms with Crippen molar-refractivity contribution < 1.29 is 19.8 Å². The van der Waals surface area contributed by atoms with Gasteiger partial charge in [0, 0.05) is 19.7 Å². The van der Waals surface area contributed by atoms with Crippen molar-refractivity contribution in [2.24, 2.45) is 5.92 Å². The number of carboxylic acid groups (broad SMARTS) is 1. The van der Waals surface area contributed by atoms with Gasteiger partial charge >= 0.3 is 5.97 Å². The van der Waals surface area contributed by atoms with Crippen LogP contribution in [0.25, 0.3) is 0 Å². The van der Waals surface area contributed by atoms with Crippen molar-refractivity contribution in [2.75, 3.05) is 19.7 Å². The van der Waals surface area contributed by atoms with Gasteiger partial charge in [0.15, 0.2) is 0 Å². The van der Waals surface area contributed by atoms with Crippen LogP contribution in [-0.4, -0.2) is 46.7 Å². The average Bonchev–Trinajstić information content (AvgIpc) is 2.89. The molecule has 5 nitrogen and oxygen atoms in total. The van der Waals surface area contributed by atoms with Gasteiger partial charge in [0.1, 0.15) is 0 Å². The number of nitrogens with zero attached hydrogens (tertiary/aromatic N) is 1. The molecule has 2 N–H and O–H groups in total. The predicted molar refractivity (Wildman–Crippen MR) is 78.6 cm³/mol. The minimum absolute atomic E-state index is 0.102. The van der Waals surface area contributed by atoms with Crippen LogP contribution in [0.5, 0.6) is 0 Å². The summed E-state index contributed by atoms with van der Waals surface area (Å²) in [5, 5.41) is 18.4. The number of carboxylic acids is 1. The van der Waals surface area contributed by atoms with Crippen LogP contribution >= 0.6 is 0 Å². The van der Waals surface area contributed by atoms with E-state index < -0.39 is 5.97 Å². The number of carbonyl (C=O) groups excluding carboxylic acids is 1. The molecule has 0 aromatic heterocycles. The number of amides is 1. The zero-order chi connectivity index (χ0) is 15.6. The summed E-state index contributed by atoms with van der Waals surface area (Å²) >= 11 is 0. The lowest BCUT2D eigenvalue weighted by atomic mass is 9.96. The predicted octanol–water partition coefficient (Wildman–Crippen LogP) is 1.85. The first-order valence-corrected chi connectivity index (χ1v) is 7.19. The molecule has 1 aromatic carbocycles. The molecule has 21 heavy (non-hydrogen) atoms. The first kappa shape index (κ1) is 15.5. The van der Waals surface area contributed by atoms with Gasteiger partial charge in [-0.15, -0.1) is 0 Å². The van der Waals surface area contributed by atoms with E-state index in [-0.39, 0.29) is 18.1 Å². The van der Waals surface area contributed by atoms with Gasteiger partial charge in [0.25, 0.3) is 5.91 Å². The molecule has 1 amide bonds. The molecule has 1 saturated heterocycles. The summed E-state index contributed by atoms with van der Waals surface area (Å²) < 4.78 is 0. The number of likely N-dealkylation sites (tertiary alicyclic amines) is 1. The molecule has 2 rings (SSSR count). The second-order valence-electron chi connectivity index (χ2n) is 5.67. The fraction of sp³-hybridized carbons (Fsp3) is 0.500. The van der Waals surface area contributed by atoms with Crippen molar-refractivity contribution in [2.45, 2.75) is 26.7 Å². The van der Waals surface area contributed by atoms with Crippen molar-refractivity contribution in [3.63, 3.8) is 0 Å². The second-order valence-corrected chi connectivity index (χ2v) is 5.67. The van der Waals surface area contributed by atoms with Crippen LogP contribution in [0.1, 0.15) is 44.7 Å². The Morgan fingerprint density at radius 1 is 1.24 bits per heavy atom. The Labute approximate surface area is 124 Å². The molecule has 114 valence electrons. The molecule has 1 aliphatic heterocycles. The van der Waals surface area contributed by atoms with E-state index >= 15 is 0 Å². The van der Waals surface area contributed by atoms with Crippen molar-refractivity contribution in [1.82, 2.24) is 4.90 Å². The van der Waals surface area contributed by atoms with E-state index in [1.54, 1.807) is 30.9 Å². The highest BCUT2D eigenvalue weighted by Crippen LogP contribution is 2.25. The zero-order valence-electron chi connectivity index (χ0n) is 12.4. The molecule has 0 bridgehead atoms. The maximum atomic E-state index is 12.7. The number of benzene rings is 1. The standard InChI is InChI=1S/C16H21NO4/c1-10-3-4-11(2)14(16(20)21)13(10)15(19)17-7-5-12(9-17)6-8-18/h3-4,12,18H,5-9H2,1-2H3,(H,20,21). The number of rotatable bonds is 4.